The summed E-state index contributed by atoms with van der Waals surface area (Å²) in [6.07, 6.45) is 1.89. The van der Waals surface area contributed by atoms with Crippen molar-refractivity contribution in [2.75, 3.05) is 6.54 Å². The van der Waals surface area contributed by atoms with Gasteiger partial charge in [0.15, 0.2) is 0 Å². The van der Waals surface area contributed by atoms with Gasteiger partial charge in [0.25, 0.3) is 0 Å². The lowest BCUT2D eigenvalue weighted by Crippen LogP contribution is -2.12. The van der Waals surface area contributed by atoms with Crippen LogP contribution in [0.25, 0.3) is 5.69 Å². The quantitative estimate of drug-likeness (QED) is 0.939. The summed E-state index contributed by atoms with van der Waals surface area (Å²) in [6.45, 7) is 5.58. The number of rotatable bonds is 4. The second kappa shape index (κ2) is 5.63. The van der Waals surface area contributed by atoms with E-state index in [4.69, 9.17) is 0 Å². The van der Waals surface area contributed by atoms with Crippen molar-refractivity contribution in [3.05, 3.63) is 45.9 Å². The first-order chi connectivity index (χ1) is 8.61. The third kappa shape index (κ3) is 2.79. The van der Waals surface area contributed by atoms with Crippen LogP contribution in [0.4, 0.5) is 4.39 Å². The van der Waals surface area contributed by atoms with Crippen LogP contribution < -0.4 is 5.32 Å². The molecule has 0 radical (unpaired) electrons. The lowest BCUT2D eigenvalue weighted by molar-refractivity contribution is 0.618. The van der Waals surface area contributed by atoms with Crippen molar-refractivity contribution in [3.63, 3.8) is 0 Å². The monoisotopic (exact) mass is 311 g/mol. The smallest absolute Gasteiger partial charge is 0.137 e. The molecule has 0 bridgehead atoms. The SMILES string of the molecule is CCNCc1ccn(-c2cc(Br)c(F)cc2C)n1. The number of aryl methyl sites for hydroxylation is 1. The Hall–Kier alpha value is -1.20. The van der Waals surface area contributed by atoms with Crippen LogP contribution in [0.5, 0.6) is 0 Å². The Labute approximate surface area is 114 Å². The number of nitrogens with one attached hydrogen (secondary N) is 1. The third-order valence-electron chi connectivity index (χ3n) is 2.69. The van der Waals surface area contributed by atoms with Crippen LogP contribution in [0.3, 0.4) is 0 Å². The summed E-state index contributed by atoms with van der Waals surface area (Å²) in [6, 6.07) is 5.21. The molecule has 3 nitrogen and oxygen atoms in total. The van der Waals surface area contributed by atoms with Gasteiger partial charge >= 0.3 is 0 Å². The summed E-state index contributed by atoms with van der Waals surface area (Å²) >= 11 is 3.20. The van der Waals surface area contributed by atoms with Crippen molar-refractivity contribution in [3.8, 4) is 5.69 Å². The van der Waals surface area contributed by atoms with Gasteiger partial charge in [0.05, 0.1) is 15.9 Å². The first-order valence-corrected chi connectivity index (χ1v) is 6.62. The minimum atomic E-state index is -0.253. The normalized spacial score (nSPS) is 10.9. The van der Waals surface area contributed by atoms with Crippen LogP contribution in [0.2, 0.25) is 0 Å². The average Bonchev–Trinajstić information content (AvgIpc) is 2.79. The Balaban J connectivity index is 2.31. The van der Waals surface area contributed by atoms with E-state index in [9.17, 15) is 4.39 Å². The lowest BCUT2D eigenvalue weighted by Gasteiger charge is -2.07. The molecular weight excluding hydrogens is 297 g/mol. The second-order valence-electron chi connectivity index (χ2n) is 4.08. The zero-order chi connectivity index (χ0) is 13.1. The van der Waals surface area contributed by atoms with E-state index in [-0.39, 0.29) is 5.82 Å². The molecule has 0 aliphatic carbocycles. The minimum absolute atomic E-state index is 0.253. The van der Waals surface area contributed by atoms with Crippen molar-refractivity contribution in [2.45, 2.75) is 20.4 Å². The molecule has 18 heavy (non-hydrogen) atoms. The second-order valence-corrected chi connectivity index (χ2v) is 4.94. The Bertz CT molecular complexity index is 551. The van der Waals surface area contributed by atoms with Crippen LogP contribution in [0.15, 0.2) is 28.9 Å². The molecule has 1 aromatic carbocycles. The third-order valence-corrected chi connectivity index (χ3v) is 3.29. The molecule has 0 saturated carbocycles. The summed E-state index contributed by atoms with van der Waals surface area (Å²) in [5, 5.41) is 7.68. The van der Waals surface area contributed by atoms with Gasteiger partial charge < -0.3 is 5.32 Å². The van der Waals surface area contributed by atoms with Gasteiger partial charge in [-0.15, -0.1) is 0 Å². The summed E-state index contributed by atoms with van der Waals surface area (Å²) in [5.74, 6) is -0.253. The fraction of sp³-hybridized carbons (Fsp3) is 0.308. The maximum Gasteiger partial charge on any atom is 0.137 e. The predicted octanol–water partition coefficient (Wildman–Crippen LogP) is 3.19. The van der Waals surface area contributed by atoms with Gasteiger partial charge in [0.2, 0.25) is 0 Å². The molecule has 0 fully saturated rings. The minimum Gasteiger partial charge on any atom is -0.311 e. The van der Waals surface area contributed by atoms with E-state index in [1.54, 1.807) is 10.7 Å². The lowest BCUT2D eigenvalue weighted by atomic mass is 10.2. The number of benzene rings is 1. The van der Waals surface area contributed by atoms with E-state index < -0.39 is 0 Å². The van der Waals surface area contributed by atoms with Crippen LogP contribution in [-0.2, 0) is 6.54 Å². The summed E-state index contributed by atoms with van der Waals surface area (Å²) in [7, 11) is 0. The Morgan fingerprint density at radius 1 is 1.44 bits per heavy atom. The molecule has 0 saturated heterocycles. The van der Waals surface area contributed by atoms with Gasteiger partial charge in [-0.1, -0.05) is 6.92 Å². The first-order valence-electron chi connectivity index (χ1n) is 5.83. The Morgan fingerprint density at radius 3 is 2.94 bits per heavy atom. The van der Waals surface area contributed by atoms with Crippen molar-refractivity contribution in [2.24, 2.45) is 0 Å². The number of hydrogen-bond donors (Lipinski definition) is 1. The fourth-order valence-electron chi connectivity index (χ4n) is 1.73. The van der Waals surface area contributed by atoms with E-state index >= 15 is 0 Å². The number of hydrogen-bond acceptors (Lipinski definition) is 2. The van der Waals surface area contributed by atoms with Crippen molar-refractivity contribution >= 4 is 15.9 Å². The number of nitrogens with zero attached hydrogens (tertiary/aromatic N) is 2. The molecule has 0 spiro atoms. The van der Waals surface area contributed by atoms with Crippen LogP contribution in [0, 0.1) is 12.7 Å². The molecule has 0 aliphatic rings. The highest BCUT2D eigenvalue weighted by molar-refractivity contribution is 9.10. The molecule has 5 heteroatoms. The highest BCUT2D eigenvalue weighted by Gasteiger charge is 2.08. The zero-order valence-corrected chi connectivity index (χ0v) is 12.0. The van der Waals surface area contributed by atoms with Crippen LogP contribution in [-0.4, -0.2) is 16.3 Å². The standard InChI is InChI=1S/C13H15BrFN3/c1-3-16-8-10-4-5-18(17-10)13-7-11(14)12(15)6-9(13)2/h4-7,16H,3,8H2,1-2H3. The molecule has 96 valence electrons. The molecule has 0 amide bonds. The van der Waals surface area contributed by atoms with E-state index in [2.05, 4.69) is 33.3 Å². The summed E-state index contributed by atoms with van der Waals surface area (Å²) in [4.78, 5) is 0. The van der Waals surface area contributed by atoms with E-state index in [1.165, 1.54) is 6.07 Å². The van der Waals surface area contributed by atoms with E-state index in [0.29, 0.717) is 4.47 Å². The highest BCUT2D eigenvalue weighted by Crippen LogP contribution is 2.23. The molecule has 1 N–H and O–H groups in total. The summed E-state index contributed by atoms with van der Waals surface area (Å²) < 4.78 is 15.6. The van der Waals surface area contributed by atoms with Crippen LogP contribution in [0.1, 0.15) is 18.2 Å². The van der Waals surface area contributed by atoms with Gasteiger partial charge in [-0.2, -0.15) is 5.10 Å². The number of halogens is 2. The van der Waals surface area contributed by atoms with Gasteiger partial charge in [0, 0.05) is 12.7 Å². The summed E-state index contributed by atoms with van der Waals surface area (Å²) in [5.41, 5.74) is 2.71. The van der Waals surface area contributed by atoms with Crippen molar-refractivity contribution < 1.29 is 4.39 Å². The molecule has 0 unspecified atom stereocenters. The molecule has 2 aromatic rings. The van der Waals surface area contributed by atoms with Gasteiger partial charge in [0.1, 0.15) is 5.82 Å². The van der Waals surface area contributed by atoms with Gasteiger partial charge in [-0.3, -0.25) is 0 Å². The molecule has 1 heterocycles. The largest absolute Gasteiger partial charge is 0.311 e. The maximum atomic E-state index is 13.4. The van der Waals surface area contributed by atoms with Gasteiger partial charge in [-0.25, -0.2) is 9.07 Å². The predicted molar refractivity (Wildman–Crippen MR) is 73.3 cm³/mol. The van der Waals surface area contributed by atoms with E-state index in [0.717, 1.165) is 30.0 Å². The zero-order valence-electron chi connectivity index (χ0n) is 10.4. The molecule has 0 aliphatic heterocycles. The maximum absolute atomic E-state index is 13.4. The van der Waals surface area contributed by atoms with Gasteiger partial charge in [-0.05, 0) is 53.2 Å². The topological polar surface area (TPSA) is 29.9 Å². The van der Waals surface area contributed by atoms with Crippen molar-refractivity contribution in [1.29, 1.82) is 0 Å². The highest BCUT2D eigenvalue weighted by atomic mass is 79.9. The van der Waals surface area contributed by atoms with E-state index in [1.807, 2.05) is 19.2 Å². The average molecular weight is 312 g/mol. The van der Waals surface area contributed by atoms with Crippen molar-refractivity contribution in [1.82, 2.24) is 15.1 Å². The van der Waals surface area contributed by atoms with Crippen LogP contribution >= 0.6 is 15.9 Å². The molecule has 2 rings (SSSR count). The Kier molecular flexibility index (Phi) is 4.14. The molecular formula is C13H15BrFN3. The fourth-order valence-corrected chi connectivity index (χ4v) is 2.06. The number of aromatic nitrogens is 2. The Morgan fingerprint density at radius 2 is 2.22 bits per heavy atom. The molecule has 1 aromatic heterocycles. The first kappa shape index (κ1) is 13.2. The molecule has 0 atom stereocenters.